The van der Waals surface area contributed by atoms with Crippen molar-refractivity contribution in [1.82, 2.24) is 9.97 Å². The second-order valence-electron chi connectivity index (χ2n) is 3.11. The third-order valence-corrected chi connectivity index (χ3v) is 2.37. The third-order valence-electron chi connectivity index (χ3n) is 2.37. The van der Waals surface area contributed by atoms with Crippen molar-refractivity contribution in [2.24, 2.45) is 0 Å². The van der Waals surface area contributed by atoms with Gasteiger partial charge in [-0.3, -0.25) is 0 Å². The van der Waals surface area contributed by atoms with E-state index in [0.717, 1.165) is 21.7 Å². The van der Waals surface area contributed by atoms with Crippen LogP contribution in [0.1, 0.15) is 0 Å². The van der Waals surface area contributed by atoms with E-state index in [0.29, 0.717) is 0 Å². The lowest BCUT2D eigenvalue weighted by atomic mass is 10.1. The van der Waals surface area contributed by atoms with Gasteiger partial charge in [-0.15, -0.1) is 0 Å². The number of benzene rings is 1. The van der Waals surface area contributed by atoms with E-state index in [1.54, 1.807) is 6.20 Å². The van der Waals surface area contributed by atoms with Gasteiger partial charge in [0.2, 0.25) is 0 Å². The van der Waals surface area contributed by atoms with Gasteiger partial charge in [-0.2, -0.15) is 0 Å². The Morgan fingerprint density at radius 3 is 2.92 bits per heavy atom. The Bertz CT molecular complexity index is 577. The maximum Gasteiger partial charge on any atom is 0.197 e. The summed E-state index contributed by atoms with van der Waals surface area (Å²) >= 11 is 0. The van der Waals surface area contributed by atoms with Crippen molar-refractivity contribution in [2.45, 2.75) is 0 Å². The molecule has 13 heavy (non-hydrogen) atoms. The van der Waals surface area contributed by atoms with E-state index < -0.39 is 0 Å². The molecule has 0 aliphatic rings. The van der Waals surface area contributed by atoms with Crippen LogP contribution in [0.25, 0.3) is 21.7 Å². The highest BCUT2D eigenvalue weighted by atomic mass is 16.3. The van der Waals surface area contributed by atoms with Gasteiger partial charge in [-0.25, -0.2) is 0 Å². The molecule has 0 aliphatic heterocycles. The minimum absolute atomic E-state index is 0.236. The molecule has 0 atom stereocenters. The normalized spacial score (nSPS) is 11.4. The molecule has 0 unspecified atom stereocenters. The molecule has 3 nitrogen and oxygen atoms in total. The molecule has 2 heterocycles. The molecule has 0 fully saturated rings. The summed E-state index contributed by atoms with van der Waals surface area (Å²) in [5, 5.41) is 12.5. The number of H-pyrrole nitrogens is 2. The van der Waals surface area contributed by atoms with Crippen molar-refractivity contribution in [2.75, 3.05) is 0 Å². The number of nitrogens with one attached hydrogen (secondary N) is 2. The van der Waals surface area contributed by atoms with E-state index in [1.807, 2.05) is 24.4 Å². The Labute approximate surface area is 74.0 Å². The van der Waals surface area contributed by atoms with Crippen LogP contribution in [-0.4, -0.2) is 15.1 Å². The number of aromatic hydroxyl groups is 1. The lowest BCUT2D eigenvalue weighted by molar-refractivity contribution is 0.463. The fraction of sp³-hybridized carbons (Fsp3) is 0. The van der Waals surface area contributed by atoms with Gasteiger partial charge in [-0.1, -0.05) is 6.07 Å². The highest BCUT2D eigenvalue weighted by molar-refractivity contribution is 6.09. The van der Waals surface area contributed by atoms with Gasteiger partial charge >= 0.3 is 0 Å². The molecule has 0 saturated carbocycles. The van der Waals surface area contributed by atoms with Crippen LogP contribution in [0.3, 0.4) is 0 Å². The largest absolute Gasteiger partial charge is 0.494 e. The fourth-order valence-corrected chi connectivity index (χ4v) is 1.75. The van der Waals surface area contributed by atoms with Crippen molar-refractivity contribution in [3.8, 4) is 5.88 Å². The molecule has 64 valence electrons. The van der Waals surface area contributed by atoms with E-state index in [2.05, 4.69) is 9.97 Å². The predicted octanol–water partition coefficient (Wildman–Crippen LogP) is 2.35. The molecule has 3 rings (SSSR count). The van der Waals surface area contributed by atoms with Crippen LogP contribution in [0.15, 0.2) is 30.6 Å². The van der Waals surface area contributed by atoms with E-state index in [-0.39, 0.29) is 5.88 Å². The molecule has 0 amide bonds. The molecular weight excluding hydrogens is 164 g/mol. The van der Waals surface area contributed by atoms with Crippen molar-refractivity contribution in [3.63, 3.8) is 0 Å². The first kappa shape index (κ1) is 6.60. The zero-order valence-electron chi connectivity index (χ0n) is 6.83. The summed E-state index contributed by atoms with van der Waals surface area (Å²) < 4.78 is 0. The first-order valence-corrected chi connectivity index (χ1v) is 4.12. The number of rotatable bonds is 0. The predicted molar refractivity (Wildman–Crippen MR) is 51.8 cm³/mol. The summed E-state index contributed by atoms with van der Waals surface area (Å²) in [5.74, 6) is 0.236. The minimum atomic E-state index is 0.236. The van der Waals surface area contributed by atoms with Crippen molar-refractivity contribution in [3.05, 3.63) is 30.6 Å². The number of hydrogen-bond donors (Lipinski definition) is 3. The molecule has 2 aromatic heterocycles. The molecule has 0 saturated heterocycles. The molecule has 0 spiro atoms. The van der Waals surface area contributed by atoms with Gasteiger partial charge < -0.3 is 15.1 Å². The van der Waals surface area contributed by atoms with E-state index >= 15 is 0 Å². The Kier molecular flexibility index (Phi) is 1.05. The van der Waals surface area contributed by atoms with Crippen LogP contribution in [-0.2, 0) is 0 Å². The summed E-state index contributed by atoms with van der Waals surface area (Å²) in [6.07, 6.45) is 3.67. The topological polar surface area (TPSA) is 51.8 Å². The number of hydrogen-bond acceptors (Lipinski definition) is 1. The van der Waals surface area contributed by atoms with Crippen molar-refractivity contribution in [1.29, 1.82) is 0 Å². The average molecular weight is 172 g/mol. The smallest absolute Gasteiger partial charge is 0.197 e. The molecule has 3 heteroatoms. The average Bonchev–Trinajstić information content (AvgIpc) is 2.70. The quantitative estimate of drug-likeness (QED) is 0.479. The van der Waals surface area contributed by atoms with Crippen LogP contribution in [0.4, 0.5) is 0 Å². The highest BCUT2D eigenvalue weighted by Gasteiger charge is 2.06. The van der Waals surface area contributed by atoms with Crippen LogP contribution in [0, 0.1) is 0 Å². The maximum atomic E-state index is 9.56. The maximum absolute atomic E-state index is 9.56. The van der Waals surface area contributed by atoms with Gasteiger partial charge in [0.1, 0.15) is 0 Å². The molecule has 1 aromatic carbocycles. The monoisotopic (exact) mass is 172 g/mol. The van der Waals surface area contributed by atoms with Crippen molar-refractivity contribution >= 4 is 21.7 Å². The molecule has 0 aliphatic carbocycles. The van der Waals surface area contributed by atoms with Gasteiger partial charge in [0.05, 0.1) is 5.39 Å². The molecule has 0 radical (unpaired) electrons. The second-order valence-corrected chi connectivity index (χ2v) is 3.11. The number of fused-ring (bicyclic) bond motifs is 3. The molecule has 3 aromatic rings. The first-order valence-electron chi connectivity index (χ1n) is 4.12. The molecule has 0 bridgehead atoms. The number of aromatic amines is 2. The summed E-state index contributed by atoms with van der Waals surface area (Å²) in [7, 11) is 0. The standard InChI is InChI=1S/C10H8N2O/c13-10-9-6(5-12-10)1-2-8-7(9)3-4-11-8/h1-5,11-13H. The Morgan fingerprint density at radius 2 is 2.00 bits per heavy atom. The Balaban J connectivity index is 2.70. The van der Waals surface area contributed by atoms with Gasteiger partial charge in [-0.05, 0) is 12.1 Å². The van der Waals surface area contributed by atoms with Crippen LogP contribution in [0.5, 0.6) is 5.88 Å². The lowest BCUT2D eigenvalue weighted by Crippen LogP contribution is -1.68. The van der Waals surface area contributed by atoms with Crippen LogP contribution in [0.2, 0.25) is 0 Å². The minimum Gasteiger partial charge on any atom is -0.494 e. The first-order chi connectivity index (χ1) is 6.36. The van der Waals surface area contributed by atoms with Gasteiger partial charge in [0.15, 0.2) is 5.88 Å². The van der Waals surface area contributed by atoms with Gasteiger partial charge in [0.25, 0.3) is 0 Å². The summed E-state index contributed by atoms with van der Waals surface area (Å²) in [6, 6.07) is 5.94. The van der Waals surface area contributed by atoms with Crippen molar-refractivity contribution < 1.29 is 5.11 Å². The highest BCUT2D eigenvalue weighted by Crippen LogP contribution is 2.30. The summed E-state index contributed by atoms with van der Waals surface area (Å²) in [4.78, 5) is 5.90. The summed E-state index contributed by atoms with van der Waals surface area (Å²) in [6.45, 7) is 0. The van der Waals surface area contributed by atoms with E-state index in [9.17, 15) is 5.11 Å². The van der Waals surface area contributed by atoms with Crippen LogP contribution < -0.4 is 0 Å². The van der Waals surface area contributed by atoms with Gasteiger partial charge in [0, 0.05) is 28.7 Å². The Morgan fingerprint density at radius 1 is 1.08 bits per heavy atom. The zero-order valence-corrected chi connectivity index (χ0v) is 6.83. The Hall–Kier alpha value is -1.90. The second kappa shape index (κ2) is 2.07. The van der Waals surface area contributed by atoms with E-state index in [1.165, 1.54) is 0 Å². The summed E-state index contributed by atoms with van der Waals surface area (Å²) in [5.41, 5.74) is 1.04. The number of aromatic nitrogens is 2. The lowest BCUT2D eigenvalue weighted by Gasteiger charge is -1.93. The molecular formula is C10H8N2O. The molecule has 3 N–H and O–H groups in total. The fourth-order valence-electron chi connectivity index (χ4n) is 1.75. The van der Waals surface area contributed by atoms with E-state index in [4.69, 9.17) is 0 Å². The SMILES string of the molecule is Oc1[nH]cc2ccc3[nH]ccc3c12. The van der Waals surface area contributed by atoms with Crippen LogP contribution >= 0.6 is 0 Å². The zero-order chi connectivity index (χ0) is 8.84. The third kappa shape index (κ3) is 0.731.